The van der Waals surface area contributed by atoms with Gasteiger partial charge in [0.15, 0.2) is 0 Å². The first kappa shape index (κ1) is 15.8. The van der Waals surface area contributed by atoms with Gasteiger partial charge >= 0.3 is 0 Å². The highest BCUT2D eigenvalue weighted by atomic mass is 16.5. The Labute approximate surface area is 149 Å². The number of ketones is 1. The molecule has 0 aromatic heterocycles. The zero-order valence-electron chi connectivity index (χ0n) is 15.0. The molecule has 0 radical (unpaired) electrons. The molecule has 5 rings (SSSR count). The third kappa shape index (κ3) is 2.16. The Morgan fingerprint density at radius 1 is 1.32 bits per heavy atom. The maximum Gasteiger partial charge on any atom is 0.135 e. The highest BCUT2D eigenvalue weighted by molar-refractivity contribution is 5.82. The van der Waals surface area contributed by atoms with Crippen LogP contribution in [0, 0.1) is 5.92 Å². The van der Waals surface area contributed by atoms with Crippen LogP contribution >= 0.6 is 0 Å². The second kappa shape index (κ2) is 5.31. The van der Waals surface area contributed by atoms with Gasteiger partial charge in [-0.2, -0.15) is 0 Å². The number of nitrogens with zero attached hydrogens (tertiary/aromatic N) is 1. The lowest BCUT2D eigenvalue weighted by molar-refractivity contribution is -0.173. The minimum Gasteiger partial charge on any atom is -0.497 e. The van der Waals surface area contributed by atoms with Crippen LogP contribution in [-0.4, -0.2) is 47.6 Å². The molecule has 4 nitrogen and oxygen atoms in total. The summed E-state index contributed by atoms with van der Waals surface area (Å²) in [7, 11) is 1.69. The van der Waals surface area contributed by atoms with Crippen LogP contribution in [0.5, 0.6) is 5.75 Å². The van der Waals surface area contributed by atoms with Gasteiger partial charge in [-0.1, -0.05) is 6.07 Å². The maximum absolute atomic E-state index is 12.3. The number of aliphatic hydroxyl groups is 1. The molecule has 0 spiro atoms. The summed E-state index contributed by atoms with van der Waals surface area (Å²) >= 11 is 0. The molecule has 1 saturated heterocycles. The molecule has 3 fully saturated rings. The Morgan fingerprint density at radius 3 is 2.92 bits per heavy atom. The predicted octanol–water partition coefficient (Wildman–Crippen LogP) is 2.46. The maximum atomic E-state index is 12.3. The van der Waals surface area contributed by atoms with Crippen LogP contribution in [0.1, 0.15) is 49.7 Å². The Kier molecular flexibility index (Phi) is 3.36. The van der Waals surface area contributed by atoms with E-state index in [4.69, 9.17) is 4.74 Å². The highest BCUT2D eigenvalue weighted by Gasteiger charge is 2.64. The first-order valence-electron chi connectivity index (χ1n) is 9.71. The molecule has 1 heterocycles. The van der Waals surface area contributed by atoms with Crippen molar-refractivity contribution in [3.8, 4) is 5.75 Å². The molecule has 4 aliphatic rings. The fourth-order valence-corrected chi connectivity index (χ4v) is 5.86. The summed E-state index contributed by atoms with van der Waals surface area (Å²) in [6.07, 6.45) is 6.11. The number of ether oxygens (including phenoxy) is 1. The summed E-state index contributed by atoms with van der Waals surface area (Å²) in [5.41, 5.74) is 1.37. The van der Waals surface area contributed by atoms with Crippen LogP contribution < -0.4 is 4.74 Å². The Balaban J connectivity index is 1.64. The van der Waals surface area contributed by atoms with Crippen molar-refractivity contribution in [2.24, 2.45) is 5.92 Å². The van der Waals surface area contributed by atoms with Crippen molar-refractivity contribution in [1.29, 1.82) is 0 Å². The average molecular weight is 341 g/mol. The molecule has 3 unspecified atom stereocenters. The summed E-state index contributed by atoms with van der Waals surface area (Å²) in [5, 5.41) is 11.9. The van der Waals surface area contributed by atoms with Crippen molar-refractivity contribution in [2.75, 3.05) is 20.2 Å². The van der Waals surface area contributed by atoms with Gasteiger partial charge < -0.3 is 9.84 Å². The zero-order chi connectivity index (χ0) is 17.2. The van der Waals surface area contributed by atoms with E-state index < -0.39 is 5.60 Å². The Hall–Kier alpha value is -1.39. The van der Waals surface area contributed by atoms with E-state index in [9.17, 15) is 9.90 Å². The van der Waals surface area contributed by atoms with Gasteiger partial charge in [-0.3, -0.25) is 9.69 Å². The molecule has 4 heteroatoms. The molecule has 2 bridgehead atoms. The van der Waals surface area contributed by atoms with Gasteiger partial charge in [0, 0.05) is 30.8 Å². The second-order valence-electron chi connectivity index (χ2n) is 8.65. The normalized spacial score (nSPS) is 37.4. The number of carbonyl (C=O) groups excluding carboxylic acids is 1. The van der Waals surface area contributed by atoms with Crippen molar-refractivity contribution < 1.29 is 14.6 Å². The van der Waals surface area contributed by atoms with E-state index in [1.807, 2.05) is 6.07 Å². The van der Waals surface area contributed by atoms with E-state index in [2.05, 4.69) is 17.0 Å². The van der Waals surface area contributed by atoms with E-state index in [1.165, 1.54) is 24.0 Å². The lowest BCUT2D eigenvalue weighted by Crippen LogP contribution is -2.73. The molecule has 0 amide bonds. The molecule has 2 saturated carbocycles. The standard InChI is InChI=1S/C21H27NO3/c1-25-17-5-4-15-10-19-21(24)12-16(23)6-7-20(21,18(15)11-17)8-9-22(19)13-14-2-3-14/h4-5,11,14,19,24H,2-3,6-10,12-13H2,1H3. The largest absolute Gasteiger partial charge is 0.497 e. The van der Waals surface area contributed by atoms with Crippen LogP contribution in [0.25, 0.3) is 0 Å². The van der Waals surface area contributed by atoms with Crippen LogP contribution in [0.15, 0.2) is 18.2 Å². The second-order valence-corrected chi connectivity index (χ2v) is 8.65. The molecule has 1 aromatic rings. The molecule has 3 aliphatic carbocycles. The zero-order valence-corrected chi connectivity index (χ0v) is 15.0. The number of rotatable bonds is 3. The number of benzene rings is 1. The first-order valence-corrected chi connectivity index (χ1v) is 9.71. The van der Waals surface area contributed by atoms with Gasteiger partial charge in [0.05, 0.1) is 12.7 Å². The Morgan fingerprint density at radius 2 is 2.16 bits per heavy atom. The van der Waals surface area contributed by atoms with Crippen LogP contribution in [0.3, 0.4) is 0 Å². The number of carbonyl (C=O) groups is 1. The summed E-state index contributed by atoms with van der Waals surface area (Å²) in [4.78, 5) is 14.8. The third-order valence-electron chi connectivity index (χ3n) is 7.38. The summed E-state index contributed by atoms with van der Waals surface area (Å²) < 4.78 is 5.47. The van der Waals surface area contributed by atoms with Gasteiger partial charge in [0.25, 0.3) is 0 Å². The van der Waals surface area contributed by atoms with Crippen molar-refractivity contribution in [3.05, 3.63) is 29.3 Å². The first-order chi connectivity index (χ1) is 12.1. The van der Waals surface area contributed by atoms with Gasteiger partial charge in [-0.15, -0.1) is 0 Å². The smallest absolute Gasteiger partial charge is 0.135 e. The highest BCUT2D eigenvalue weighted by Crippen LogP contribution is 2.58. The van der Waals surface area contributed by atoms with Crippen molar-refractivity contribution in [2.45, 2.75) is 62.0 Å². The molecule has 1 aromatic carbocycles. The fourth-order valence-electron chi connectivity index (χ4n) is 5.86. The summed E-state index contributed by atoms with van der Waals surface area (Å²) in [6.45, 7) is 2.12. The predicted molar refractivity (Wildman–Crippen MR) is 94.9 cm³/mol. The number of hydrogen-bond acceptors (Lipinski definition) is 4. The van der Waals surface area contributed by atoms with E-state index in [-0.39, 0.29) is 17.2 Å². The van der Waals surface area contributed by atoms with Gasteiger partial charge in [0.2, 0.25) is 0 Å². The van der Waals surface area contributed by atoms with Crippen LogP contribution in [0.4, 0.5) is 0 Å². The number of piperidine rings is 1. The number of hydrogen-bond donors (Lipinski definition) is 1. The minimum absolute atomic E-state index is 0.0759. The summed E-state index contributed by atoms with van der Waals surface area (Å²) in [5.74, 6) is 1.88. The SMILES string of the molecule is COc1ccc2c(c1)C13CCC(=O)CC1(O)C(C2)N(CC1CC1)CC3. The van der Waals surface area contributed by atoms with E-state index in [0.717, 1.165) is 44.0 Å². The van der Waals surface area contributed by atoms with Gasteiger partial charge in [-0.05, 0) is 67.8 Å². The lowest BCUT2D eigenvalue weighted by atomic mass is 9.49. The molecule has 25 heavy (non-hydrogen) atoms. The number of fused-ring (bicyclic) bond motifs is 1. The number of Topliss-reactive ketones (excluding diaryl/α,β-unsaturated/α-hetero) is 1. The van der Waals surface area contributed by atoms with E-state index in [1.54, 1.807) is 7.11 Å². The van der Waals surface area contributed by atoms with Gasteiger partial charge in [-0.25, -0.2) is 0 Å². The molecular formula is C21H27NO3. The minimum atomic E-state index is -0.922. The van der Waals surface area contributed by atoms with Crippen molar-refractivity contribution in [1.82, 2.24) is 4.90 Å². The molecule has 1 aliphatic heterocycles. The summed E-state index contributed by atoms with van der Waals surface area (Å²) in [6, 6.07) is 6.42. The molecular weight excluding hydrogens is 314 g/mol. The van der Waals surface area contributed by atoms with E-state index >= 15 is 0 Å². The molecule has 1 N–H and O–H groups in total. The van der Waals surface area contributed by atoms with Crippen molar-refractivity contribution >= 4 is 5.78 Å². The lowest BCUT2D eigenvalue weighted by Gasteiger charge is -2.63. The quantitative estimate of drug-likeness (QED) is 0.917. The molecule has 134 valence electrons. The van der Waals surface area contributed by atoms with Crippen molar-refractivity contribution in [3.63, 3.8) is 0 Å². The number of likely N-dealkylation sites (tertiary alicyclic amines) is 1. The van der Waals surface area contributed by atoms with E-state index in [0.29, 0.717) is 12.8 Å². The Bertz CT molecular complexity index is 728. The number of methoxy groups -OCH3 is 1. The van der Waals surface area contributed by atoms with Crippen LogP contribution in [0.2, 0.25) is 0 Å². The fraction of sp³-hybridized carbons (Fsp3) is 0.667. The monoisotopic (exact) mass is 341 g/mol. The average Bonchev–Trinajstić information content (AvgIpc) is 3.40. The molecule has 3 atom stereocenters. The van der Waals surface area contributed by atoms with Crippen LogP contribution in [-0.2, 0) is 16.6 Å². The topological polar surface area (TPSA) is 49.8 Å². The third-order valence-corrected chi connectivity index (χ3v) is 7.38. The van der Waals surface area contributed by atoms with Gasteiger partial charge in [0.1, 0.15) is 11.5 Å².